The van der Waals surface area contributed by atoms with Gasteiger partial charge in [-0.2, -0.15) is 0 Å². The Morgan fingerprint density at radius 1 is 1.17 bits per heavy atom. The van der Waals surface area contributed by atoms with E-state index in [1.54, 1.807) is 36.4 Å². The Morgan fingerprint density at radius 2 is 1.88 bits per heavy atom. The van der Waals surface area contributed by atoms with Gasteiger partial charge in [-0.15, -0.1) is 11.8 Å². The lowest BCUT2D eigenvalue weighted by Crippen LogP contribution is -2.15. The van der Waals surface area contributed by atoms with Gasteiger partial charge in [0.1, 0.15) is 0 Å². The van der Waals surface area contributed by atoms with E-state index in [9.17, 15) is 19.7 Å². The molecule has 0 atom stereocenters. The van der Waals surface area contributed by atoms with Gasteiger partial charge in [0.15, 0.2) is 12.4 Å². The van der Waals surface area contributed by atoms with Crippen LogP contribution < -0.4 is 0 Å². The molecule has 2 aromatic rings. The summed E-state index contributed by atoms with van der Waals surface area (Å²) in [6.07, 6.45) is 0. The molecule has 8 heteroatoms. The third-order valence-corrected chi connectivity index (χ3v) is 4.39. The SMILES string of the molecule is O=C(CSc1ccc([N+](=O)[O-])cc1)OCC(=O)c1cccc(Br)c1. The monoisotopic (exact) mass is 409 g/mol. The molecule has 0 aromatic heterocycles. The van der Waals surface area contributed by atoms with E-state index in [0.29, 0.717) is 10.5 Å². The quantitative estimate of drug-likeness (QED) is 0.226. The summed E-state index contributed by atoms with van der Waals surface area (Å²) in [5.74, 6) is -0.796. The molecular formula is C16H12BrNO5S. The molecule has 0 spiro atoms. The van der Waals surface area contributed by atoms with Crippen LogP contribution in [0, 0.1) is 10.1 Å². The van der Waals surface area contributed by atoms with Gasteiger partial charge in [-0.05, 0) is 24.3 Å². The summed E-state index contributed by atoms with van der Waals surface area (Å²) < 4.78 is 5.72. The number of Topliss-reactive ketones (excluding diaryl/α,β-unsaturated/α-hetero) is 1. The fourth-order valence-corrected chi connectivity index (χ4v) is 2.83. The first-order valence-electron chi connectivity index (χ1n) is 6.77. The van der Waals surface area contributed by atoms with Crippen molar-refractivity contribution in [1.29, 1.82) is 0 Å². The molecule has 24 heavy (non-hydrogen) atoms. The lowest BCUT2D eigenvalue weighted by atomic mass is 10.1. The third-order valence-electron chi connectivity index (χ3n) is 2.92. The van der Waals surface area contributed by atoms with Gasteiger partial charge >= 0.3 is 5.97 Å². The van der Waals surface area contributed by atoms with Gasteiger partial charge in [0.25, 0.3) is 5.69 Å². The Hall–Kier alpha value is -2.19. The second kappa shape index (κ2) is 8.60. The van der Waals surface area contributed by atoms with Gasteiger partial charge < -0.3 is 4.74 Å². The van der Waals surface area contributed by atoms with Gasteiger partial charge in [0.05, 0.1) is 10.7 Å². The molecule has 0 fully saturated rings. The zero-order valence-corrected chi connectivity index (χ0v) is 14.7. The van der Waals surface area contributed by atoms with Crippen molar-refractivity contribution in [2.75, 3.05) is 12.4 Å². The molecule has 0 unspecified atom stereocenters. The van der Waals surface area contributed by atoms with Crippen molar-refractivity contribution in [3.63, 3.8) is 0 Å². The number of esters is 1. The number of hydrogen-bond donors (Lipinski definition) is 0. The zero-order valence-electron chi connectivity index (χ0n) is 12.3. The Balaban J connectivity index is 1.79. The largest absolute Gasteiger partial charge is 0.457 e. The van der Waals surface area contributed by atoms with Crippen LogP contribution in [-0.4, -0.2) is 29.0 Å². The molecule has 0 N–H and O–H groups in total. The van der Waals surface area contributed by atoms with Gasteiger partial charge in [-0.25, -0.2) is 0 Å². The van der Waals surface area contributed by atoms with Crippen molar-refractivity contribution in [3.8, 4) is 0 Å². The van der Waals surface area contributed by atoms with E-state index in [-0.39, 0.29) is 23.8 Å². The molecule has 0 amide bonds. The van der Waals surface area contributed by atoms with Gasteiger partial charge in [0, 0.05) is 27.1 Å². The molecule has 0 saturated carbocycles. The molecule has 0 heterocycles. The lowest BCUT2D eigenvalue weighted by Gasteiger charge is -2.05. The Kier molecular flexibility index (Phi) is 6.51. The van der Waals surface area contributed by atoms with E-state index in [1.807, 2.05) is 0 Å². The van der Waals surface area contributed by atoms with Crippen LogP contribution in [0.2, 0.25) is 0 Å². The van der Waals surface area contributed by atoms with Crippen LogP contribution in [0.3, 0.4) is 0 Å². The van der Waals surface area contributed by atoms with Crippen LogP contribution >= 0.6 is 27.7 Å². The summed E-state index contributed by atoms with van der Waals surface area (Å²) in [4.78, 5) is 34.4. The highest BCUT2D eigenvalue weighted by atomic mass is 79.9. The van der Waals surface area contributed by atoms with Crippen molar-refractivity contribution in [3.05, 3.63) is 68.7 Å². The number of carbonyl (C=O) groups excluding carboxylic acids is 2. The number of hydrogen-bond acceptors (Lipinski definition) is 6. The minimum absolute atomic E-state index is 0.0125. The predicted molar refractivity (Wildman–Crippen MR) is 93.3 cm³/mol. The highest BCUT2D eigenvalue weighted by Gasteiger charge is 2.11. The number of ether oxygens (including phenoxy) is 1. The van der Waals surface area contributed by atoms with Crippen LogP contribution in [0.25, 0.3) is 0 Å². The van der Waals surface area contributed by atoms with E-state index >= 15 is 0 Å². The molecule has 2 rings (SSSR count). The van der Waals surface area contributed by atoms with Crippen molar-refractivity contribution in [2.24, 2.45) is 0 Å². The minimum Gasteiger partial charge on any atom is -0.457 e. The standard InChI is InChI=1S/C16H12BrNO5S/c17-12-3-1-2-11(8-12)15(19)9-23-16(20)10-24-14-6-4-13(5-7-14)18(21)22/h1-8H,9-10H2. The molecule has 2 aromatic carbocycles. The van der Waals surface area contributed by atoms with Crippen LogP contribution in [0.4, 0.5) is 5.69 Å². The molecule has 0 saturated heterocycles. The number of nitro benzene ring substituents is 1. The maximum absolute atomic E-state index is 11.9. The minimum atomic E-state index is -0.526. The number of nitrogens with zero attached hydrogens (tertiary/aromatic N) is 1. The summed E-state index contributed by atoms with van der Waals surface area (Å²) in [6.45, 7) is -0.323. The average Bonchev–Trinajstić information content (AvgIpc) is 2.58. The van der Waals surface area contributed by atoms with Crippen LogP contribution in [-0.2, 0) is 9.53 Å². The number of non-ortho nitro benzene ring substituents is 1. The molecule has 0 aliphatic carbocycles. The summed E-state index contributed by atoms with van der Waals surface area (Å²) in [7, 11) is 0. The van der Waals surface area contributed by atoms with Crippen LogP contribution in [0.5, 0.6) is 0 Å². The van der Waals surface area contributed by atoms with E-state index in [0.717, 1.165) is 4.47 Å². The Morgan fingerprint density at radius 3 is 2.50 bits per heavy atom. The summed E-state index contributed by atoms with van der Waals surface area (Å²) >= 11 is 4.45. The maximum atomic E-state index is 11.9. The number of nitro groups is 1. The molecule has 0 aliphatic rings. The lowest BCUT2D eigenvalue weighted by molar-refractivity contribution is -0.384. The summed E-state index contributed by atoms with van der Waals surface area (Å²) in [5.41, 5.74) is 0.446. The first-order chi connectivity index (χ1) is 11.5. The Bertz CT molecular complexity index is 763. The van der Waals surface area contributed by atoms with Crippen molar-refractivity contribution in [2.45, 2.75) is 4.90 Å². The fourth-order valence-electron chi connectivity index (χ4n) is 1.74. The van der Waals surface area contributed by atoms with Gasteiger partial charge in [-0.1, -0.05) is 28.1 Å². The van der Waals surface area contributed by atoms with E-state index in [2.05, 4.69) is 15.9 Å². The molecular weight excluding hydrogens is 398 g/mol. The van der Waals surface area contributed by atoms with Gasteiger partial charge in [0.2, 0.25) is 0 Å². The molecule has 0 bridgehead atoms. The first kappa shape index (κ1) is 18.2. The van der Waals surface area contributed by atoms with Crippen molar-refractivity contribution < 1.29 is 19.2 Å². The average molecular weight is 410 g/mol. The normalized spacial score (nSPS) is 10.2. The maximum Gasteiger partial charge on any atom is 0.316 e. The second-order valence-corrected chi connectivity index (χ2v) is 6.60. The molecule has 6 nitrogen and oxygen atoms in total. The number of ketones is 1. The van der Waals surface area contributed by atoms with Crippen molar-refractivity contribution >= 4 is 45.1 Å². The van der Waals surface area contributed by atoms with E-state index in [4.69, 9.17) is 4.74 Å². The number of carbonyl (C=O) groups is 2. The number of rotatable bonds is 7. The number of halogens is 1. The topological polar surface area (TPSA) is 86.5 Å². The smallest absolute Gasteiger partial charge is 0.316 e. The molecule has 0 aliphatic heterocycles. The third kappa shape index (κ3) is 5.47. The van der Waals surface area contributed by atoms with Crippen LogP contribution in [0.15, 0.2) is 57.9 Å². The fraction of sp³-hybridized carbons (Fsp3) is 0.125. The van der Waals surface area contributed by atoms with E-state index in [1.165, 1.54) is 23.9 Å². The van der Waals surface area contributed by atoms with Crippen LogP contribution in [0.1, 0.15) is 10.4 Å². The molecule has 124 valence electrons. The zero-order chi connectivity index (χ0) is 17.5. The highest BCUT2D eigenvalue weighted by Crippen LogP contribution is 2.21. The molecule has 0 radical (unpaired) electrons. The van der Waals surface area contributed by atoms with Crippen molar-refractivity contribution in [1.82, 2.24) is 0 Å². The second-order valence-electron chi connectivity index (χ2n) is 4.63. The predicted octanol–water partition coefficient (Wildman–Crippen LogP) is 3.88. The Labute approximate surface area is 150 Å². The first-order valence-corrected chi connectivity index (χ1v) is 8.55. The van der Waals surface area contributed by atoms with Gasteiger partial charge in [-0.3, -0.25) is 19.7 Å². The summed E-state index contributed by atoms with van der Waals surface area (Å²) in [5, 5.41) is 10.6. The van der Waals surface area contributed by atoms with E-state index < -0.39 is 10.9 Å². The number of thioether (sulfide) groups is 1. The number of benzene rings is 2. The highest BCUT2D eigenvalue weighted by molar-refractivity contribution is 9.10. The summed E-state index contributed by atoms with van der Waals surface area (Å²) in [6, 6.07) is 12.7.